The van der Waals surface area contributed by atoms with E-state index in [1.165, 1.54) is 12.1 Å². The number of fused-ring (bicyclic) bond motifs is 2. The highest BCUT2D eigenvalue weighted by Crippen LogP contribution is 2.36. The number of hydrogen-bond donors (Lipinski definition) is 1. The first-order valence-corrected chi connectivity index (χ1v) is 9.65. The summed E-state index contributed by atoms with van der Waals surface area (Å²) in [7, 11) is 0. The van der Waals surface area contributed by atoms with Crippen molar-refractivity contribution in [3.8, 4) is 5.75 Å². The van der Waals surface area contributed by atoms with Crippen molar-refractivity contribution in [2.45, 2.75) is 32.3 Å². The van der Waals surface area contributed by atoms with Crippen LogP contribution in [0.3, 0.4) is 0 Å². The number of hydrogen-bond acceptors (Lipinski definition) is 4. The number of nitrogens with zero attached hydrogens (tertiary/aromatic N) is 2. The molecule has 1 saturated heterocycles. The highest BCUT2D eigenvalue weighted by molar-refractivity contribution is 6.08. The largest absolute Gasteiger partial charge is 0.573 e. The number of carbonyl (C=O) groups excluding carboxylic acids is 2. The quantitative estimate of drug-likeness (QED) is 0.805. The highest BCUT2D eigenvalue weighted by Gasteiger charge is 2.39. The molecule has 2 aromatic carbocycles. The van der Waals surface area contributed by atoms with Gasteiger partial charge in [-0.15, -0.1) is 13.2 Å². The summed E-state index contributed by atoms with van der Waals surface area (Å²) >= 11 is 0. The van der Waals surface area contributed by atoms with Gasteiger partial charge in [-0.1, -0.05) is 0 Å². The second kappa shape index (κ2) is 7.55. The zero-order valence-electron chi connectivity index (χ0n) is 16.2. The smallest absolute Gasteiger partial charge is 0.406 e. The van der Waals surface area contributed by atoms with Crippen molar-refractivity contribution < 1.29 is 27.5 Å². The van der Waals surface area contributed by atoms with Gasteiger partial charge in [0.05, 0.1) is 11.3 Å². The number of benzene rings is 2. The van der Waals surface area contributed by atoms with Gasteiger partial charge in [0.15, 0.2) is 0 Å². The molecule has 4 rings (SSSR count). The third kappa shape index (κ3) is 3.79. The molecule has 2 amide bonds. The van der Waals surface area contributed by atoms with E-state index in [2.05, 4.69) is 15.0 Å². The number of anilines is 2. The van der Waals surface area contributed by atoms with E-state index in [0.717, 1.165) is 37.2 Å². The minimum absolute atomic E-state index is 0.00879. The van der Waals surface area contributed by atoms with Gasteiger partial charge in [-0.05, 0) is 62.2 Å². The van der Waals surface area contributed by atoms with Crippen molar-refractivity contribution in [3.05, 3.63) is 53.6 Å². The summed E-state index contributed by atoms with van der Waals surface area (Å²) in [6, 6.07) is 9.85. The van der Waals surface area contributed by atoms with E-state index in [0.29, 0.717) is 23.4 Å². The Labute approximate surface area is 171 Å². The van der Waals surface area contributed by atoms with Crippen molar-refractivity contribution in [3.63, 3.8) is 0 Å². The Morgan fingerprint density at radius 2 is 1.93 bits per heavy atom. The Morgan fingerprint density at radius 1 is 1.20 bits per heavy atom. The summed E-state index contributed by atoms with van der Waals surface area (Å²) in [5.74, 6) is -0.809. The Balaban J connectivity index is 1.54. The zero-order chi connectivity index (χ0) is 21.5. The van der Waals surface area contributed by atoms with Crippen LogP contribution >= 0.6 is 0 Å². The van der Waals surface area contributed by atoms with Crippen LogP contribution in [-0.2, 0) is 0 Å². The highest BCUT2D eigenvalue weighted by atomic mass is 19.4. The standard InChI is InChI=1S/C21H20F3N3O3/c1-2-26-17-12-13(5-10-16(17)20(29)27-11-3-4-18(26)27)19(28)25-14-6-8-15(9-7-14)30-21(22,23)24/h5-10,12,18H,2-4,11H2,1H3,(H,25,28). The second-order valence-corrected chi connectivity index (χ2v) is 7.17. The molecule has 30 heavy (non-hydrogen) atoms. The van der Waals surface area contributed by atoms with Crippen molar-refractivity contribution in [2.24, 2.45) is 0 Å². The number of rotatable bonds is 4. The lowest BCUT2D eigenvalue weighted by atomic mass is 10.0. The maximum absolute atomic E-state index is 12.8. The van der Waals surface area contributed by atoms with Crippen LogP contribution in [0.2, 0.25) is 0 Å². The summed E-state index contributed by atoms with van der Waals surface area (Å²) in [6.07, 6.45) is -2.93. The van der Waals surface area contributed by atoms with E-state index < -0.39 is 12.3 Å². The fourth-order valence-corrected chi connectivity index (χ4v) is 4.04. The van der Waals surface area contributed by atoms with Gasteiger partial charge in [0.2, 0.25) is 0 Å². The molecule has 2 aliphatic rings. The van der Waals surface area contributed by atoms with Crippen molar-refractivity contribution in [1.82, 2.24) is 4.90 Å². The summed E-state index contributed by atoms with van der Waals surface area (Å²) < 4.78 is 40.6. The lowest BCUT2D eigenvalue weighted by Gasteiger charge is -2.41. The van der Waals surface area contributed by atoms with E-state index >= 15 is 0 Å². The average Bonchev–Trinajstić information content (AvgIpc) is 3.18. The van der Waals surface area contributed by atoms with Crippen LogP contribution in [0.4, 0.5) is 24.5 Å². The summed E-state index contributed by atoms with van der Waals surface area (Å²) in [6.45, 7) is 3.44. The number of nitrogens with one attached hydrogen (secondary N) is 1. The molecule has 2 heterocycles. The van der Waals surface area contributed by atoms with Crippen LogP contribution in [0, 0.1) is 0 Å². The van der Waals surface area contributed by atoms with Gasteiger partial charge in [0, 0.05) is 24.3 Å². The van der Waals surface area contributed by atoms with Crippen molar-refractivity contribution >= 4 is 23.2 Å². The van der Waals surface area contributed by atoms with Gasteiger partial charge in [-0.3, -0.25) is 9.59 Å². The number of alkyl halides is 3. The molecule has 0 bridgehead atoms. The van der Waals surface area contributed by atoms with E-state index in [-0.39, 0.29) is 17.8 Å². The predicted octanol–water partition coefficient (Wildman–Crippen LogP) is 4.24. The first-order valence-electron chi connectivity index (χ1n) is 9.65. The molecule has 9 heteroatoms. The topological polar surface area (TPSA) is 61.9 Å². The Bertz CT molecular complexity index is 976. The molecule has 1 fully saturated rings. The molecule has 0 saturated carbocycles. The molecule has 158 valence electrons. The molecule has 0 aromatic heterocycles. The molecule has 0 aliphatic carbocycles. The first-order chi connectivity index (χ1) is 14.3. The second-order valence-electron chi connectivity index (χ2n) is 7.17. The molecule has 1 N–H and O–H groups in total. The monoisotopic (exact) mass is 419 g/mol. The average molecular weight is 419 g/mol. The molecule has 1 unspecified atom stereocenters. The number of carbonyl (C=O) groups is 2. The molecule has 6 nitrogen and oxygen atoms in total. The number of ether oxygens (including phenoxy) is 1. The molecule has 2 aliphatic heterocycles. The van der Waals surface area contributed by atoms with Gasteiger partial charge < -0.3 is 19.9 Å². The Hall–Kier alpha value is -3.23. The molecule has 1 atom stereocenters. The summed E-state index contributed by atoms with van der Waals surface area (Å²) in [5.41, 5.74) is 1.99. The van der Waals surface area contributed by atoms with E-state index in [1.54, 1.807) is 18.2 Å². The number of halogens is 3. The maximum atomic E-state index is 12.8. The van der Waals surface area contributed by atoms with Gasteiger partial charge in [0.1, 0.15) is 11.9 Å². The number of amides is 2. The maximum Gasteiger partial charge on any atom is 0.573 e. The van der Waals surface area contributed by atoms with Crippen LogP contribution in [0.1, 0.15) is 40.5 Å². The Kier molecular flexibility index (Phi) is 5.05. The van der Waals surface area contributed by atoms with E-state index in [1.807, 2.05) is 11.8 Å². The minimum Gasteiger partial charge on any atom is -0.406 e. The van der Waals surface area contributed by atoms with Gasteiger partial charge in [-0.2, -0.15) is 0 Å². The van der Waals surface area contributed by atoms with Crippen LogP contribution in [-0.4, -0.2) is 42.3 Å². The van der Waals surface area contributed by atoms with Gasteiger partial charge in [0.25, 0.3) is 11.8 Å². The van der Waals surface area contributed by atoms with Crippen LogP contribution in [0.25, 0.3) is 0 Å². The van der Waals surface area contributed by atoms with Crippen LogP contribution in [0.5, 0.6) is 5.75 Å². The molecular weight excluding hydrogens is 399 g/mol. The zero-order valence-corrected chi connectivity index (χ0v) is 16.2. The SMILES string of the molecule is CCN1c2cc(C(=O)Nc3ccc(OC(F)(F)F)cc3)ccc2C(=O)N2CCCC21. The summed E-state index contributed by atoms with van der Waals surface area (Å²) in [5, 5.41) is 2.66. The summed E-state index contributed by atoms with van der Waals surface area (Å²) in [4.78, 5) is 29.5. The lowest BCUT2D eigenvalue weighted by molar-refractivity contribution is -0.274. The van der Waals surface area contributed by atoms with E-state index in [9.17, 15) is 22.8 Å². The van der Waals surface area contributed by atoms with Gasteiger partial charge in [-0.25, -0.2) is 0 Å². The third-order valence-electron chi connectivity index (χ3n) is 5.33. The molecule has 2 aromatic rings. The third-order valence-corrected chi connectivity index (χ3v) is 5.33. The predicted molar refractivity (Wildman–Crippen MR) is 105 cm³/mol. The normalized spacial score (nSPS) is 18.1. The first kappa shape index (κ1) is 20.1. The van der Waals surface area contributed by atoms with Crippen molar-refractivity contribution in [1.29, 1.82) is 0 Å². The molecular formula is C21H20F3N3O3. The molecule has 0 radical (unpaired) electrons. The minimum atomic E-state index is -4.77. The Morgan fingerprint density at radius 3 is 2.60 bits per heavy atom. The van der Waals surface area contributed by atoms with Crippen LogP contribution in [0.15, 0.2) is 42.5 Å². The van der Waals surface area contributed by atoms with Crippen LogP contribution < -0.4 is 15.0 Å². The van der Waals surface area contributed by atoms with Crippen molar-refractivity contribution in [2.75, 3.05) is 23.3 Å². The fraction of sp³-hybridized carbons (Fsp3) is 0.333. The fourth-order valence-electron chi connectivity index (χ4n) is 4.04. The van der Waals surface area contributed by atoms with Gasteiger partial charge >= 0.3 is 6.36 Å². The lowest BCUT2D eigenvalue weighted by Crippen LogP contribution is -2.52. The van der Waals surface area contributed by atoms with E-state index in [4.69, 9.17) is 0 Å². The molecule has 0 spiro atoms.